The predicted octanol–water partition coefficient (Wildman–Crippen LogP) is 3.31. The Labute approximate surface area is 232 Å². The minimum Gasteiger partial charge on any atom is -0.490 e. The summed E-state index contributed by atoms with van der Waals surface area (Å²) < 4.78 is 6.61. The van der Waals surface area contributed by atoms with E-state index in [4.69, 9.17) is 33.5 Å². The maximum atomic E-state index is 12.6. The number of amides is 2. The van der Waals surface area contributed by atoms with Gasteiger partial charge in [0.15, 0.2) is 0 Å². The van der Waals surface area contributed by atoms with Crippen LogP contribution >= 0.6 is 27.5 Å². The van der Waals surface area contributed by atoms with E-state index in [1.807, 2.05) is 48.6 Å². The van der Waals surface area contributed by atoms with Crippen LogP contribution in [0.4, 0.5) is 0 Å². The zero-order valence-electron chi connectivity index (χ0n) is 20.8. The van der Waals surface area contributed by atoms with Crippen molar-refractivity contribution in [3.05, 3.63) is 75.2 Å². The first-order valence-electron chi connectivity index (χ1n) is 12.0. The molecule has 0 bridgehead atoms. The molecule has 0 spiro atoms. The van der Waals surface area contributed by atoms with Crippen molar-refractivity contribution < 1.29 is 14.3 Å². The average Bonchev–Trinajstić information content (AvgIpc) is 2.88. The van der Waals surface area contributed by atoms with Crippen molar-refractivity contribution >= 4 is 51.5 Å². The van der Waals surface area contributed by atoms with Crippen molar-refractivity contribution in [2.45, 2.75) is 25.4 Å². The molecule has 2 rings (SSSR count). The summed E-state index contributed by atoms with van der Waals surface area (Å²) in [6.45, 7) is 5.84. The molecule has 0 aliphatic rings. The summed E-state index contributed by atoms with van der Waals surface area (Å²) in [5, 5.41) is 3.50. The highest BCUT2D eigenvalue weighted by Gasteiger charge is 2.18. The lowest BCUT2D eigenvalue weighted by Crippen LogP contribution is -2.42. The van der Waals surface area contributed by atoms with Crippen molar-refractivity contribution in [2.24, 2.45) is 17.2 Å². The molecular weight excluding hydrogens is 558 g/mol. The maximum absolute atomic E-state index is 12.6. The van der Waals surface area contributed by atoms with Crippen LogP contribution < -0.4 is 27.3 Å². The Balaban J connectivity index is 2.04. The van der Waals surface area contributed by atoms with Crippen LogP contribution in [-0.4, -0.2) is 55.5 Å². The van der Waals surface area contributed by atoms with Crippen LogP contribution in [0.1, 0.15) is 29.5 Å². The van der Waals surface area contributed by atoms with Crippen LogP contribution in [-0.2, 0) is 16.1 Å². The second-order valence-corrected chi connectivity index (χ2v) is 9.62. The fraction of sp³-hybridized carbons (Fsp3) is 0.333. The summed E-state index contributed by atoms with van der Waals surface area (Å²) in [6.07, 6.45) is 5.95. The smallest absolute Gasteiger partial charge is 0.237 e. The standard InChI is InChI=1S/C27H35BrClN5O3/c1-2-13-37-23-15-19(3-4-21-5-6-22(29)17-24(21)28)14-20(16-23)18-33-27(36)25(32)7-8-26(35)34(11-9-30)12-10-31/h2-6,14-17,25H,1,7-13,18,30-32H2,(H,33,36)/t25-/m0/s1. The molecule has 0 aliphatic heterocycles. The van der Waals surface area contributed by atoms with Gasteiger partial charge in [-0.2, -0.15) is 0 Å². The Morgan fingerprint density at radius 3 is 2.51 bits per heavy atom. The topological polar surface area (TPSA) is 137 Å². The average molecular weight is 593 g/mol. The lowest BCUT2D eigenvalue weighted by molar-refractivity contribution is -0.131. The molecule has 37 heavy (non-hydrogen) atoms. The van der Waals surface area contributed by atoms with Gasteiger partial charge in [-0.15, -0.1) is 0 Å². The van der Waals surface area contributed by atoms with Crippen molar-refractivity contribution in [1.82, 2.24) is 10.2 Å². The number of ether oxygens (including phenoxy) is 1. The normalized spacial score (nSPS) is 11.8. The summed E-state index contributed by atoms with van der Waals surface area (Å²) in [4.78, 5) is 26.6. The van der Waals surface area contributed by atoms with Gasteiger partial charge in [0.2, 0.25) is 11.8 Å². The quantitative estimate of drug-likeness (QED) is 0.185. The number of hydrogen-bond donors (Lipinski definition) is 4. The van der Waals surface area contributed by atoms with E-state index < -0.39 is 6.04 Å². The molecule has 1 atom stereocenters. The monoisotopic (exact) mass is 591 g/mol. The van der Waals surface area contributed by atoms with Crippen molar-refractivity contribution in [2.75, 3.05) is 32.8 Å². The largest absolute Gasteiger partial charge is 0.490 e. The Bertz CT molecular complexity index is 1090. The number of carbonyl (C=O) groups is 2. The van der Waals surface area contributed by atoms with E-state index in [0.29, 0.717) is 43.6 Å². The number of hydrogen-bond acceptors (Lipinski definition) is 6. The lowest BCUT2D eigenvalue weighted by atomic mass is 10.1. The van der Waals surface area contributed by atoms with Gasteiger partial charge in [0.05, 0.1) is 6.04 Å². The van der Waals surface area contributed by atoms with E-state index in [9.17, 15) is 9.59 Å². The van der Waals surface area contributed by atoms with Crippen LogP contribution in [0, 0.1) is 0 Å². The molecule has 0 aromatic heterocycles. The van der Waals surface area contributed by atoms with Crippen LogP contribution in [0.3, 0.4) is 0 Å². The third-order valence-electron chi connectivity index (χ3n) is 5.40. The highest BCUT2D eigenvalue weighted by Crippen LogP contribution is 2.25. The van der Waals surface area contributed by atoms with E-state index in [-0.39, 0.29) is 31.2 Å². The summed E-state index contributed by atoms with van der Waals surface area (Å²) in [5.41, 5.74) is 19.9. The van der Waals surface area contributed by atoms with Crippen LogP contribution in [0.15, 0.2) is 53.5 Å². The summed E-state index contributed by atoms with van der Waals surface area (Å²) in [5.74, 6) is 0.197. The van der Waals surface area contributed by atoms with Crippen molar-refractivity contribution in [3.8, 4) is 5.75 Å². The van der Waals surface area contributed by atoms with Crippen molar-refractivity contribution in [3.63, 3.8) is 0 Å². The molecule has 2 aromatic carbocycles. The molecule has 2 amide bonds. The molecule has 0 heterocycles. The molecular formula is C27H35BrClN5O3. The number of nitrogens with zero attached hydrogens (tertiary/aromatic N) is 1. The zero-order valence-corrected chi connectivity index (χ0v) is 23.1. The number of benzene rings is 2. The van der Waals surface area contributed by atoms with Gasteiger partial charge in [-0.3, -0.25) is 9.59 Å². The van der Waals surface area contributed by atoms with Crippen LogP contribution in [0.25, 0.3) is 12.2 Å². The van der Waals surface area contributed by atoms with Gasteiger partial charge in [0.25, 0.3) is 0 Å². The lowest BCUT2D eigenvalue weighted by Gasteiger charge is -2.22. The van der Waals surface area contributed by atoms with Gasteiger partial charge in [-0.05, 0) is 53.4 Å². The zero-order chi connectivity index (χ0) is 27.2. The molecule has 200 valence electrons. The second kappa shape index (κ2) is 16.2. The molecule has 7 N–H and O–H groups in total. The molecule has 0 aliphatic carbocycles. The minimum absolute atomic E-state index is 0.116. The molecule has 2 aromatic rings. The maximum Gasteiger partial charge on any atom is 0.237 e. The van der Waals surface area contributed by atoms with Gasteiger partial charge in [0.1, 0.15) is 12.4 Å². The Morgan fingerprint density at radius 2 is 1.86 bits per heavy atom. The fourth-order valence-corrected chi connectivity index (χ4v) is 4.32. The number of nitrogens with two attached hydrogens (primary N) is 3. The third kappa shape index (κ3) is 10.7. The van der Waals surface area contributed by atoms with E-state index in [1.165, 1.54) is 0 Å². The summed E-state index contributed by atoms with van der Waals surface area (Å²) >= 11 is 9.55. The van der Waals surface area contributed by atoms with Gasteiger partial charge >= 0.3 is 0 Å². The van der Waals surface area contributed by atoms with E-state index in [1.54, 1.807) is 11.0 Å². The second-order valence-electron chi connectivity index (χ2n) is 8.33. The molecule has 8 nitrogen and oxygen atoms in total. The number of carbonyl (C=O) groups excluding carboxylic acids is 2. The molecule has 0 saturated carbocycles. The van der Waals surface area contributed by atoms with E-state index in [0.717, 1.165) is 21.2 Å². The van der Waals surface area contributed by atoms with Gasteiger partial charge in [-0.25, -0.2) is 0 Å². The van der Waals surface area contributed by atoms with Gasteiger partial charge in [0, 0.05) is 48.6 Å². The molecule has 0 fully saturated rings. The highest BCUT2D eigenvalue weighted by atomic mass is 79.9. The molecule has 0 radical (unpaired) electrons. The predicted molar refractivity (Wildman–Crippen MR) is 154 cm³/mol. The van der Waals surface area contributed by atoms with E-state index >= 15 is 0 Å². The molecule has 0 unspecified atom stereocenters. The van der Waals surface area contributed by atoms with Gasteiger partial charge in [-0.1, -0.05) is 58.4 Å². The highest BCUT2D eigenvalue weighted by molar-refractivity contribution is 9.10. The van der Waals surface area contributed by atoms with Crippen LogP contribution in [0.2, 0.25) is 5.02 Å². The number of nitrogens with one attached hydrogen (secondary N) is 1. The Kier molecular flexibility index (Phi) is 13.4. The minimum atomic E-state index is -0.816. The first kappa shape index (κ1) is 30.5. The molecule has 0 saturated heterocycles. The Morgan fingerprint density at radius 1 is 1.14 bits per heavy atom. The Hall–Kier alpha value is -2.69. The number of halogens is 2. The summed E-state index contributed by atoms with van der Waals surface area (Å²) in [6, 6.07) is 10.5. The molecule has 10 heteroatoms. The van der Waals surface area contributed by atoms with Crippen molar-refractivity contribution in [1.29, 1.82) is 0 Å². The third-order valence-corrected chi connectivity index (χ3v) is 6.32. The summed E-state index contributed by atoms with van der Waals surface area (Å²) in [7, 11) is 0. The fourth-order valence-electron chi connectivity index (χ4n) is 3.51. The van der Waals surface area contributed by atoms with E-state index in [2.05, 4.69) is 27.8 Å². The van der Waals surface area contributed by atoms with Crippen LogP contribution in [0.5, 0.6) is 5.75 Å². The SMILES string of the molecule is C=CCOc1cc(C=Cc2ccc(Cl)cc2Br)cc(CNC(=O)[C@@H](N)CCC(=O)N(CCN)CCN)c1. The first-order valence-corrected chi connectivity index (χ1v) is 13.2. The van der Waals surface area contributed by atoms with Gasteiger partial charge < -0.3 is 32.2 Å². The first-order chi connectivity index (χ1) is 17.8. The number of rotatable bonds is 15.